The fraction of sp³-hybridized carbons (Fsp3) is 0.294. The van der Waals surface area contributed by atoms with E-state index >= 15 is 0 Å². The molecule has 0 amide bonds. The average molecular weight is 314 g/mol. The molecule has 3 aromatic rings. The molecular formula is C17H18N2O2S. The number of unbranched alkanes of at least 4 members (excludes halogenated alkanes) is 1. The number of carboxylic acids is 1. The summed E-state index contributed by atoms with van der Waals surface area (Å²) in [5.74, 6) is -0.877. The van der Waals surface area contributed by atoms with Gasteiger partial charge in [0.05, 0.1) is 11.4 Å². The highest BCUT2D eigenvalue weighted by molar-refractivity contribution is 7.20. The maximum absolute atomic E-state index is 11.3. The van der Waals surface area contributed by atoms with Gasteiger partial charge in [0.2, 0.25) is 0 Å². The highest BCUT2D eigenvalue weighted by Crippen LogP contribution is 2.31. The molecule has 0 fully saturated rings. The van der Waals surface area contributed by atoms with Gasteiger partial charge in [-0.3, -0.25) is 0 Å². The highest BCUT2D eigenvalue weighted by atomic mass is 32.1. The van der Waals surface area contributed by atoms with E-state index < -0.39 is 5.97 Å². The summed E-state index contributed by atoms with van der Waals surface area (Å²) in [6, 6.07) is 9.88. The van der Waals surface area contributed by atoms with Gasteiger partial charge >= 0.3 is 5.97 Å². The van der Waals surface area contributed by atoms with Gasteiger partial charge in [0.1, 0.15) is 9.71 Å². The quantitative estimate of drug-likeness (QED) is 0.757. The summed E-state index contributed by atoms with van der Waals surface area (Å²) in [5.41, 5.74) is 3.15. The lowest BCUT2D eigenvalue weighted by Crippen LogP contribution is -1.98. The molecule has 0 aliphatic heterocycles. The molecule has 0 spiro atoms. The number of thiophene rings is 1. The van der Waals surface area contributed by atoms with E-state index in [1.54, 1.807) is 6.07 Å². The van der Waals surface area contributed by atoms with E-state index in [2.05, 4.69) is 6.92 Å². The lowest BCUT2D eigenvalue weighted by molar-refractivity contribution is 0.0702. The summed E-state index contributed by atoms with van der Waals surface area (Å²) in [6.45, 7) is 4.19. The van der Waals surface area contributed by atoms with Crippen molar-refractivity contribution in [1.29, 1.82) is 0 Å². The first-order valence-electron chi connectivity index (χ1n) is 7.42. The van der Waals surface area contributed by atoms with Crippen molar-refractivity contribution in [1.82, 2.24) is 9.78 Å². The minimum absolute atomic E-state index is 0.367. The van der Waals surface area contributed by atoms with Crippen LogP contribution >= 0.6 is 11.3 Å². The van der Waals surface area contributed by atoms with Crippen LogP contribution in [0.5, 0.6) is 0 Å². The molecule has 2 aromatic heterocycles. The molecule has 1 N–H and O–H groups in total. The standard InChI is InChI=1S/C17H18N2O2S/c1-3-4-5-14-13-10-15(17(20)21)22-16(13)19(18-14)12-8-6-11(2)7-9-12/h6-10H,3-5H2,1-2H3,(H,20,21). The molecule has 22 heavy (non-hydrogen) atoms. The summed E-state index contributed by atoms with van der Waals surface area (Å²) in [6.07, 6.45) is 3.02. The molecule has 2 heterocycles. The van der Waals surface area contributed by atoms with Crippen molar-refractivity contribution in [2.45, 2.75) is 33.1 Å². The zero-order chi connectivity index (χ0) is 15.7. The van der Waals surface area contributed by atoms with Gasteiger partial charge in [0, 0.05) is 5.39 Å². The first kappa shape index (κ1) is 14.8. The predicted octanol–water partition coefficient (Wildman–Crippen LogP) is 4.44. The van der Waals surface area contributed by atoms with Gasteiger partial charge in [-0.2, -0.15) is 5.10 Å². The Kier molecular flexibility index (Phi) is 3.98. The first-order chi connectivity index (χ1) is 10.6. The van der Waals surface area contributed by atoms with Crippen LogP contribution in [0.15, 0.2) is 30.3 Å². The number of carboxylic acid groups (broad SMARTS) is 1. The van der Waals surface area contributed by atoms with Gasteiger partial charge in [-0.1, -0.05) is 31.0 Å². The van der Waals surface area contributed by atoms with E-state index in [9.17, 15) is 9.90 Å². The number of aromatic carboxylic acids is 1. The Balaban J connectivity index is 2.15. The molecule has 4 nitrogen and oxygen atoms in total. The molecule has 3 rings (SSSR count). The van der Waals surface area contributed by atoms with Crippen LogP contribution in [0.1, 0.15) is 40.7 Å². The lowest BCUT2D eigenvalue weighted by Gasteiger charge is -2.02. The Labute approximate surface area is 133 Å². The molecule has 0 aliphatic carbocycles. The third-order valence-electron chi connectivity index (χ3n) is 3.69. The van der Waals surface area contributed by atoms with Crippen LogP contribution in [0.2, 0.25) is 0 Å². The highest BCUT2D eigenvalue weighted by Gasteiger charge is 2.18. The molecule has 1 aromatic carbocycles. The van der Waals surface area contributed by atoms with Gasteiger partial charge < -0.3 is 5.11 Å². The molecule has 0 radical (unpaired) electrons. The summed E-state index contributed by atoms with van der Waals surface area (Å²) in [7, 11) is 0. The normalized spacial score (nSPS) is 11.2. The van der Waals surface area contributed by atoms with Crippen molar-refractivity contribution in [3.8, 4) is 5.69 Å². The maximum atomic E-state index is 11.3. The number of aromatic nitrogens is 2. The van der Waals surface area contributed by atoms with Gasteiger partial charge in [0.25, 0.3) is 0 Å². The largest absolute Gasteiger partial charge is 0.477 e. The Morgan fingerprint density at radius 3 is 2.68 bits per heavy atom. The van der Waals surface area contributed by atoms with Crippen molar-refractivity contribution in [3.05, 3.63) is 46.5 Å². The zero-order valence-electron chi connectivity index (χ0n) is 12.7. The average Bonchev–Trinajstić information content (AvgIpc) is 3.06. The molecule has 114 valence electrons. The number of hydrogen-bond donors (Lipinski definition) is 1. The monoisotopic (exact) mass is 314 g/mol. The molecule has 0 aliphatic rings. The molecule has 0 bridgehead atoms. The number of aryl methyl sites for hydroxylation is 2. The van der Waals surface area contributed by atoms with Crippen molar-refractivity contribution in [2.75, 3.05) is 0 Å². The van der Waals surface area contributed by atoms with E-state index in [0.29, 0.717) is 4.88 Å². The summed E-state index contributed by atoms with van der Waals surface area (Å²) in [4.78, 5) is 12.5. The van der Waals surface area contributed by atoms with Crippen LogP contribution in [0, 0.1) is 6.92 Å². The van der Waals surface area contributed by atoms with E-state index in [-0.39, 0.29) is 0 Å². The minimum atomic E-state index is -0.877. The van der Waals surface area contributed by atoms with Gasteiger partial charge in [-0.25, -0.2) is 9.48 Å². The van der Waals surface area contributed by atoms with Crippen LogP contribution in [-0.2, 0) is 6.42 Å². The number of rotatable bonds is 5. The predicted molar refractivity (Wildman–Crippen MR) is 89.3 cm³/mol. The lowest BCUT2D eigenvalue weighted by atomic mass is 10.1. The van der Waals surface area contributed by atoms with Crippen LogP contribution in [0.25, 0.3) is 15.9 Å². The second-order valence-corrected chi connectivity index (χ2v) is 6.46. The molecule has 5 heteroatoms. The zero-order valence-corrected chi connectivity index (χ0v) is 13.5. The fourth-order valence-corrected chi connectivity index (χ4v) is 3.45. The van der Waals surface area contributed by atoms with E-state index in [1.807, 2.05) is 35.9 Å². The summed E-state index contributed by atoms with van der Waals surface area (Å²) in [5, 5.41) is 14.9. The van der Waals surface area contributed by atoms with E-state index in [4.69, 9.17) is 5.10 Å². The number of benzene rings is 1. The second-order valence-electron chi connectivity index (χ2n) is 5.43. The van der Waals surface area contributed by atoms with Crippen LogP contribution in [0.3, 0.4) is 0 Å². The van der Waals surface area contributed by atoms with E-state index in [1.165, 1.54) is 16.9 Å². The molecular weight excluding hydrogens is 296 g/mol. The molecule has 0 saturated carbocycles. The number of carbonyl (C=O) groups is 1. The minimum Gasteiger partial charge on any atom is -0.477 e. The van der Waals surface area contributed by atoms with E-state index in [0.717, 1.165) is 40.9 Å². The fourth-order valence-electron chi connectivity index (χ4n) is 2.46. The number of nitrogens with zero attached hydrogens (tertiary/aromatic N) is 2. The Morgan fingerprint density at radius 2 is 2.05 bits per heavy atom. The summed E-state index contributed by atoms with van der Waals surface area (Å²) >= 11 is 1.29. The van der Waals surface area contributed by atoms with Gasteiger partial charge in [-0.15, -0.1) is 11.3 Å². The molecule has 0 saturated heterocycles. The summed E-state index contributed by atoms with van der Waals surface area (Å²) < 4.78 is 1.87. The van der Waals surface area contributed by atoms with Crippen LogP contribution < -0.4 is 0 Å². The topological polar surface area (TPSA) is 55.1 Å². The van der Waals surface area contributed by atoms with Crippen LogP contribution in [-0.4, -0.2) is 20.9 Å². The van der Waals surface area contributed by atoms with Crippen molar-refractivity contribution >= 4 is 27.5 Å². The Morgan fingerprint density at radius 1 is 1.32 bits per heavy atom. The Hall–Kier alpha value is -2.14. The first-order valence-corrected chi connectivity index (χ1v) is 8.23. The number of fused-ring (bicyclic) bond motifs is 1. The maximum Gasteiger partial charge on any atom is 0.345 e. The van der Waals surface area contributed by atoms with Crippen LogP contribution in [0.4, 0.5) is 0 Å². The number of hydrogen-bond acceptors (Lipinski definition) is 3. The van der Waals surface area contributed by atoms with Gasteiger partial charge in [0.15, 0.2) is 0 Å². The molecule has 0 atom stereocenters. The molecule has 0 unspecified atom stereocenters. The van der Waals surface area contributed by atoms with Crippen molar-refractivity contribution < 1.29 is 9.90 Å². The van der Waals surface area contributed by atoms with Gasteiger partial charge in [-0.05, 0) is 38.0 Å². The smallest absolute Gasteiger partial charge is 0.345 e. The second kappa shape index (κ2) is 5.93. The van der Waals surface area contributed by atoms with Crippen molar-refractivity contribution in [3.63, 3.8) is 0 Å². The Bertz CT molecular complexity index is 815. The van der Waals surface area contributed by atoms with Crippen molar-refractivity contribution in [2.24, 2.45) is 0 Å². The SMILES string of the molecule is CCCCc1nn(-c2ccc(C)cc2)c2sc(C(=O)O)cc12. The third-order valence-corrected chi connectivity index (χ3v) is 4.79. The third kappa shape index (κ3) is 2.64.